The van der Waals surface area contributed by atoms with Gasteiger partial charge >= 0.3 is 6.18 Å². The van der Waals surface area contributed by atoms with Gasteiger partial charge in [0.15, 0.2) is 0 Å². The average molecular weight is 260 g/mol. The standard InChI is InChI=1S/C11H15F3N4/c1-7-9(15-2)16-6-17-10(7)18(8-3-4-8)5-11(12,13)14/h6,8H,3-5H2,1-2H3,(H,15,16,17). The van der Waals surface area contributed by atoms with E-state index in [-0.39, 0.29) is 6.04 Å². The maximum Gasteiger partial charge on any atom is 0.405 e. The van der Waals surface area contributed by atoms with Gasteiger partial charge in [-0.3, -0.25) is 0 Å². The van der Waals surface area contributed by atoms with Gasteiger partial charge < -0.3 is 10.2 Å². The Morgan fingerprint density at radius 2 is 2.06 bits per heavy atom. The highest BCUT2D eigenvalue weighted by Gasteiger charge is 2.39. The molecule has 1 saturated carbocycles. The molecule has 0 unspecified atom stereocenters. The summed E-state index contributed by atoms with van der Waals surface area (Å²) in [5, 5.41) is 2.85. The van der Waals surface area contributed by atoms with Crippen molar-refractivity contribution in [2.45, 2.75) is 32.0 Å². The van der Waals surface area contributed by atoms with Gasteiger partial charge in [-0.2, -0.15) is 13.2 Å². The third-order valence-electron chi connectivity index (χ3n) is 2.90. The fourth-order valence-corrected chi connectivity index (χ4v) is 1.94. The second-order valence-corrected chi connectivity index (χ2v) is 4.40. The van der Waals surface area contributed by atoms with Gasteiger partial charge in [0.25, 0.3) is 0 Å². The van der Waals surface area contributed by atoms with Crippen LogP contribution in [0.1, 0.15) is 18.4 Å². The summed E-state index contributed by atoms with van der Waals surface area (Å²) in [6.07, 6.45) is -1.36. The van der Waals surface area contributed by atoms with Crippen molar-refractivity contribution in [3.8, 4) is 0 Å². The first-order valence-corrected chi connectivity index (χ1v) is 5.75. The Morgan fingerprint density at radius 1 is 1.39 bits per heavy atom. The molecule has 2 rings (SSSR count). The molecule has 1 aromatic rings. The molecule has 1 N–H and O–H groups in total. The molecule has 1 aliphatic carbocycles. The maximum atomic E-state index is 12.6. The Labute approximate surface area is 103 Å². The lowest BCUT2D eigenvalue weighted by Gasteiger charge is -2.26. The zero-order valence-corrected chi connectivity index (χ0v) is 10.3. The third kappa shape index (κ3) is 2.83. The largest absolute Gasteiger partial charge is 0.405 e. The lowest BCUT2D eigenvalue weighted by Crippen LogP contribution is -2.37. The summed E-state index contributed by atoms with van der Waals surface area (Å²) in [5.74, 6) is 0.932. The summed E-state index contributed by atoms with van der Waals surface area (Å²) in [4.78, 5) is 9.32. The van der Waals surface area contributed by atoms with Crippen molar-refractivity contribution in [2.24, 2.45) is 0 Å². The molecule has 0 bridgehead atoms. The van der Waals surface area contributed by atoms with E-state index in [1.807, 2.05) is 0 Å². The van der Waals surface area contributed by atoms with Gasteiger partial charge in [-0.15, -0.1) is 0 Å². The highest BCUT2D eigenvalue weighted by atomic mass is 19.4. The van der Waals surface area contributed by atoms with E-state index in [0.29, 0.717) is 17.2 Å². The van der Waals surface area contributed by atoms with Gasteiger partial charge in [0, 0.05) is 18.7 Å². The van der Waals surface area contributed by atoms with Crippen molar-refractivity contribution in [1.82, 2.24) is 9.97 Å². The molecule has 1 fully saturated rings. The van der Waals surface area contributed by atoms with E-state index in [4.69, 9.17) is 0 Å². The maximum absolute atomic E-state index is 12.6. The molecule has 7 heteroatoms. The molecule has 1 aromatic heterocycles. The van der Waals surface area contributed by atoms with Crippen molar-refractivity contribution in [2.75, 3.05) is 23.8 Å². The summed E-state index contributed by atoms with van der Waals surface area (Å²) < 4.78 is 37.8. The molecule has 0 spiro atoms. The zero-order chi connectivity index (χ0) is 13.3. The van der Waals surface area contributed by atoms with E-state index < -0.39 is 12.7 Å². The number of hydrogen-bond donors (Lipinski definition) is 1. The van der Waals surface area contributed by atoms with Crippen LogP contribution in [-0.2, 0) is 0 Å². The smallest absolute Gasteiger partial charge is 0.373 e. The van der Waals surface area contributed by atoms with Gasteiger partial charge in [0.1, 0.15) is 24.5 Å². The van der Waals surface area contributed by atoms with Crippen LogP contribution < -0.4 is 10.2 Å². The molecular formula is C11H15F3N4. The molecule has 0 aromatic carbocycles. The number of aromatic nitrogens is 2. The quantitative estimate of drug-likeness (QED) is 0.902. The van der Waals surface area contributed by atoms with E-state index in [1.54, 1.807) is 14.0 Å². The van der Waals surface area contributed by atoms with Crippen LogP contribution in [0, 0.1) is 6.92 Å². The van der Waals surface area contributed by atoms with E-state index in [2.05, 4.69) is 15.3 Å². The molecule has 0 aliphatic heterocycles. The third-order valence-corrected chi connectivity index (χ3v) is 2.90. The van der Waals surface area contributed by atoms with Gasteiger partial charge in [-0.05, 0) is 19.8 Å². The minimum absolute atomic E-state index is 0.0510. The van der Waals surface area contributed by atoms with Crippen molar-refractivity contribution in [3.05, 3.63) is 11.9 Å². The zero-order valence-electron chi connectivity index (χ0n) is 10.3. The van der Waals surface area contributed by atoms with Crippen LogP contribution in [0.15, 0.2) is 6.33 Å². The molecule has 4 nitrogen and oxygen atoms in total. The monoisotopic (exact) mass is 260 g/mol. The Kier molecular flexibility index (Phi) is 3.32. The predicted octanol–water partition coefficient (Wildman–Crippen LogP) is 2.36. The molecule has 1 heterocycles. The van der Waals surface area contributed by atoms with Crippen molar-refractivity contribution in [1.29, 1.82) is 0 Å². The van der Waals surface area contributed by atoms with Crippen LogP contribution in [0.25, 0.3) is 0 Å². The normalized spacial score (nSPS) is 15.6. The Hall–Kier alpha value is -1.53. The predicted molar refractivity (Wildman–Crippen MR) is 62.7 cm³/mol. The Bertz CT molecular complexity index is 429. The molecule has 0 radical (unpaired) electrons. The Morgan fingerprint density at radius 3 is 2.56 bits per heavy atom. The van der Waals surface area contributed by atoms with Crippen LogP contribution in [0.5, 0.6) is 0 Å². The second-order valence-electron chi connectivity index (χ2n) is 4.40. The van der Waals surface area contributed by atoms with E-state index >= 15 is 0 Å². The van der Waals surface area contributed by atoms with Gasteiger partial charge in [0.05, 0.1) is 0 Å². The van der Waals surface area contributed by atoms with E-state index in [1.165, 1.54) is 11.2 Å². The molecule has 0 saturated heterocycles. The van der Waals surface area contributed by atoms with E-state index in [9.17, 15) is 13.2 Å². The van der Waals surface area contributed by atoms with Crippen molar-refractivity contribution in [3.63, 3.8) is 0 Å². The lowest BCUT2D eigenvalue weighted by molar-refractivity contribution is -0.120. The molecule has 100 valence electrons. The minimum atomic E-state index is -4.22. The van der Waals surface area contributed by atoms with Crippen LogP contribution in [0.3, 0.4) is 0 Å². The summed E-state index contributed by atoms with van der Waals surface area (Å²) in [6, 6.07) is -0.0510. The topological polar surface area (TPSA) is 41.1 Å². The molecule has 0 atom stereocenters. The molecule has 1 aliphatic rings. The highest BCUT2D eigenvalue weighted by Crippen LogP contribution is 2.35. The molecular weight excluding hydrogens is 245 g/mol. The first-order valence-electron chi connectivity index (χ1n) is 5.75. The molecule has 0 amide bonds. The number of alkyl halides is 3. The summed E-state index contributed by atoms with van der Waals surface area (Å²) in [6.45, 7) is 0.769. The first-order chi connectivity index (χ1) is 8.42. The van der Waals surface area contributed by atoms with E-state index in [0.717, 1.165) is 12.8 Å². The highest BCUT2D eigenvalue weighted by molar-refractivity contribution is 5.58. The van der Waals surface area contributed by atoms with Crippen LogP contribution >= 0.6 is 0 Å². The van der Waals surface area contributed by atoms with Gasteiger partial charge in [-0.1, -0.05) is 0 Å². The van der Waals surface area contributed by atoms with Crippen LogP contribution in [0.2, 0.25) is 0 Å². The summed E-state index contributed by atoms with van der Waals surface area (Å²) >= 11 is 0. The van der Waals surface area contributed by atoms with Crippen molar-refractivity contribution >= 4 is 11.6 Å². The lowest BCUT2D eigenvalue weighted by atomic mass is 10.2. The molecule has 18 heavy (non-hydrogen) atoms. The number of halogens is 3. The van der Waals surface area contributed by atoms with Gasteiger partial charge in [-0.25, -0.2) is 9.97 Å². The minimum Gasteiger partial charge on any atom is -0.373 e. The number of rotatable bonds is 4. The fraction of sp³-hybridized carbons (Fsp3) is 0.636. The Balaban J connectivity index is 2.31. The van der Waals surface area contributed by atoms with Crippen LogP contribution in [-0.4, -0.2) is 35.8 Å². The number of anilines is 2. The average Bonchev–Trinajstić information content (AvgIpc) is 3.09. The number of nitrogens with one attached hydrogen (secondary N) is 1. The number of nitrogens with zero attached hydrogens (tertiary/aromatic N) is 3. The van der Waals surface area contributed by atoms with Crippen molar-refractivity contribution < 1.29 is 13.2 Å². The van der Waals surface area contributed by atoms with Crippen LogP contribution in [0.4, 0.5) is 24.8 Å². The van der Waals surface area contributed by atoms with Gasteiger partial charge in [0.2, 0.25) is 0 Å². The second kappa shape index (κ2) is 4.62. The SMILES string of the molecule is CNc1ncnc(N(CC(F)(F)F)C2CC2)c1C. The summed E-state index contributed by atoms with van der Waals surface area (Å²) in [5.41, 5.74) is 0.649. The summed E-state index contributed by atoms with van der Waals surface area (Å²) in [7, 11) is 1.68. The fourth-order valence-electron chi connectivity index (χ4n) is 1.94. The number of hydrogen-bond acceptors (Lipinski definition) is 4. The first kappa shape index (κ1) is 12.9.